The molecule has 24 heavy (non-hydrogen) atoms. The van der Waals surface area contributed by atoms with Gasteiger partial charge in [-0.05, 0) is 23.6 Å². The summed E-state index contributed by atoms with van der Waals surface area (Å²) in [5, 5.41) is 0. The number of ether oxygens (including phenoxy) is 3. The van der Waals surface area contributed by atoms with E-state index in [2.05, 4.69) is 4.72 Å². The Kier molecular flexibility index (Phi) is 4.46. The molecule has 0 amide bonds. The summed E-state index contributed by atoms with van der Waals surface area (Å²) in [7, 11) is 0.950. The molecule has 1 aromatic carbocycles. The highest BCUT2D eigenvalue weighted by Crippen LogP contribution is 2.49. The summed E-state index contributed by atoms with van der Waals surface area (Å²) in [6, 6.07) is 3.69. The molecule has 3 rings (SSSR count). The molecule has 1 N–H and O–H groups in total. The number of rotatable bonds is 3. The van der Waals surface area contributed by atoms with Gasteiger partial charge in [-0.3, -0.25) is 8.91 Å². The molecular formula is C16H21NO6S. The summed E-state index contributed by atoms with van der Waals surface area (Å²) in [6.07, 6.45) is 0.126. The Morgan fingerprint density at radius 1 is 1.21 bits per heavy atom. The van der Waals surface area contributed by atoms with Crippen molar-refractivity contribution in [2.24, 2.45) is 5.92 Å². The van der Waals surface area contributed by atoms with Gasteiger partial charge in [-0.1, -0.05) is 6.92 Å². The molecular weight excluding hydrogens is 334 g/mol. The lowest BCUT2D eigenvalue weighted by molar-refractivity contribution is 0.0669. The monoisotopic (exact) mass is 355 g/mol. The lowest BCUT2D eigenvalue weighted by Crippen LogP contribution is -2.32. The molecule has 0 aromatic heterocycles. The third-order valence-electron chi connectivity index (χ3n) is 4.48. The predicted molar refractivity (Wildman–Crippen MR) is 88.0 cm³/mol. The molecule has 1 aliphatic heterocycles. The summed E-state index contributed by atoms with van der Waals surface area (Å²) in [5.41, 5.74) is 3.22. The number of methoxy groups -OCH3 is 3. The maximum absolute atomic E-state index is 12.0. The Balaban J connectivity index is 2.29. The van der Waals surface area contributed by atoms with Gasteiger partial charge in [-0.15, -0.1) is 0 Å². The molecule has 0 fully saturated rings. The smallest absolute Gasteiger partial charge is 0.359 e. The summed E-state index contributed by atoms with van der Waals surface area (Å²) in [6.45, 7) is 2.00. The Morgan fingerprint density at radius 3 is 2.58 bits per heavy atom. The van der Waals surface area contributed by atoms with E-state index in [1.165, 1.54) is 0 Å². The zero-order valence-electron chi connectivity index (χ0n) is 14.1. The van der Waals surface area contributed by atoms with Gasteiger partial charge in [0.1, 0.15) is 11.5 Å². The quantitative estimate of drug-likeness (QED) is 0.893. The molecule has 0 bridgehead atoms. The Bertz CT molecular complexity index is 786. The van der Waals surface area contributed by atoms with Crippen LogP contribution in [0.1, 0.15) is 30.6 Å². The summed E-state index contributed by atoms with van der Waals surface area (Å²) in [5.74, 6) is 1.09. The van der Waals surface area contributed by atoms with Gasteiger partial charge in [0.05, 0.1) is 26.9 Å². The fraction of sp³-hybridized carbons (Fsp3) is 0.500. The number of fused-ring (bicyclic) bond motifs is 2. The summed E-state index contributed by atoms with van der Waals surface area (Å²) >= 11 is 0. The average Bonchev–Trinajstić information content (AvgIpc) is 2.72. The van der Waals surface area contributed by atoms with Crippen molar-refractivity contribution in [1.82, 2.24) is 4.72 Å². The van der Waals surface area contributed by atoms with Crippen LogP contribution in [0.2, 0.25) is 0 Å². The molecule has 0 saturated carbocycles. The number of nitrogens with one attached hydrogen (secondary N) is 1. The predicted octanol–water partition coefficient (Wildman–Crippen LogP) is 2.01. The zero-order valence-corrected chi connectivity index (χ0v) is 14.9. The van der Waals surface area contributed by atoms with E-state index >= 15 is 0 Å². The Hall–Kier alpha value is -1.77. The van der Waals surface area contributed by atoms with Gasteiger partial charge < -0.3 is 14.2 Å². The van der Waals surface area contributed by atoms with Crippen LogP contribution < -0.4 is 14.2 Å². The molecule has 8 heteroatoms. The Morgan fingerprint density at radius 2 is 1.96 bits per heavy atom. The first-order valence-corrected chi connectivity index (χ1v) is 9.02. The zero-order chi connectivity index (χ0) is 17.5. The fourth-order valence-corrected chi connectivity index (χ4v) is 4.37. The van der Waals surface area contributed by atoms with Crippen LogP contribution in [0.5, 0.6) is 11.5 Å². The van der Waals surface area contributed by atoms with Gasteiger partial charge in [-0.25, -0.2) is 0 Å². The van der Waals surface area contributed by atoms with Gasteiger partial charge >= 0.3 is 10.3 Å². The molecule has 2 atom stereocenters. The summed E-state index contributed by atoms with van der Waals surface area (Å²) in [4.78, 5) is 0. The van der Waals surface area contributed by atoms with Crippen molar-refractivity contribution in [3.05, 3.63) is 29.0 Å². The maximum Gasteiger partial charge on any atom is 0.359 e. The van der Waals surface area contributed by atoms with Crippen molar-refractivity contribution in [2.45, 2.75) is 19.4 Å². The van der Waals surface area contributed by atoms with Crippen LogP contribution in [-0.4, -0.2) is 36.4 Å². The molecule has 0 unspecified atom stereocenters. The van der Waals surface area contributed by atoms with E-state index in [4.69, 9.17) is 18.4 Å². The highest BCUT2D eigenvalue weighted by Gasteiger charge is 2.38. The van der Waals surface area contributed by atoms with Crippen molar-refractivity contribution >= 4 is 15.9 Å². The standard InChI is InChI=1S/C16H21NO6S/c1-9-15-11(5-6-23-24(18,19)17-15)14-12(16(9)22-4)7-10(20-2)8-13(14)21-3/h7-9,16-17H,5-6H2,1-4H3/t9-,16+/m0/s1. The van der Waals surface area contributed by atoms with Gasteiger partial charge in [0, 0.05) is 30.4 Å². The molecule has 132 valence electrons. The molecule has 2 aliphatic rings. The molecule has 0 saturated heterocycles. The van der Waals surface area contributed by atoms with E-state index in [0.717, 1.165) is 16.7 Å². The SMILES string of the molecule is COc1cc(OC)c2c(c1)[C@H](OC)[C@@H](C)C1=C2CCOS(=O)(=O)N1. The molecule has 1 aromatic rings. The minimum atomic E-state index is -3.82. The van der Waals surface area contributed by atoms with E-state index in [1.807, 2.05) is 13.0 Å². The minimum Gasteiger partial charge on any atom is -0.497 e. The first-order valence-electron chi connectivity index (χ1n) is 7.61. The van der Waals surface area contributed by atoms with Crippen LogP contribution >= 0.6 is 0 Å². The molecule has 7 nitrogen and oxygen atoms in total. The number of hydrogen-bond acceptors (Lipinski definition) is 6. The van der Waals surface area contributed by atoms with Crippen LogP contribution in [0.4, 0.5) is 0 Å². The summed E-state index contributed by atoms with van der Waals surface area (Å²) < 4.78 is 48.0. The normalized spacial score (nSPS) is 25.2. The molecule has 0 spiro atoms. The van der Waals surface area contributed by atoms with E-state index in [9.17, 15) is 8.42 Å². The third-order valence-corrected chi connectivity index (χ3v) is 5.43. The average molecular weight is 355 g/mol. The van der Waals surface area contributed by atoms with Crippen molar-refractivity contribution in [3.63, 3.8) is 0 Å². The first-order chi connectivity index (χ1) is 11.4. The second-order valence-electron chi connectivity index (χ2n) is 5.76. The van der Waals surface area contributed by atoms with Gasteiger partial charge in [0.2, 0.25) is 0 Å². The van der Waals surface area contributed by atoms with Crippen LogP contribution in [-0.2, 0) is 19.2 Å². The van der Waals surface area contributed by atoms with Crippen molar-refractivity contribution in [1.29, 1.82) is 0 Å². The van der Waals surface area contributed by atoms with Crippen molar-refractivity contribution in [2.75, 3.05) is 27.9 Å². The minimum absolute atomic E-state index is 0.0765. The van der Waals surface area contributed by atoms with E-state index in [0.29, 0.717) is 23.6 Å². The fourth-order valence-electron chi connectivity index (χ4n) is 3.43. The number of benzene rings is 1. The second kappa shape index (κ2) is 6.27. The van der Waals surface area contributed by atoms with Crippen LogP contribution in [0.25, 0.3) is 5.57 Å². The number of hydrogen-bond donors (Lipinski definition) is 1. The highest BCUT2D eigenvalue weighted by atomic mass is 32.2. The van der Waals surface area contributed by atoms with Crippen LogP contribution in [0.15, 0.2) is 17.8 Å². The largest absolute Gasteiger partial charge is 0.497 e. The van der Waals surface area contributed by atoms with Gasteiger partial charge in [-0.2, -0.15) is 8.42 Å². The van der Waals surface area contributed by atoms with Gasteiger partial charge in [0.15, 0.2) is 0 Å². The third kappa shape index (κ3) is 2.74. The van der Waals surface area contributed by atoms with Crippen molar-refractivity contribution < 1.29 is 26.8 Å². The molecule has 0 radical (unpaired) electrons. The Labute approximate surface area is 141 Å². The lowest BCUT2D eigenvalue weighted by Gasteiger charge is -2.34. The highest BCUT2D eigenvalue weighted by molar-refractivity contribution is 7.84. The molecule has 1 aliphatic carbocycles. The topological polar surface area (TPSA) is 83.1 Å². The van der Waals surface area contributed by atoms with E-state index in [-0.39, 0.29) is 18.6 Å². The van der Waals surface area contributed by atoms with E-state index < -0.39 is 10.3 Å². The van der Waals surface area contributed by atoms with Gasteiger partial charge in [0.25, 0.3) is 0 Å². The van der Waals surface area contributed by atoms with Crippen molar-refractivity contribution in [3.8, 4) is 11.5 Å². The lowest BCUT2D eigenvalue weighted by atomic mass is 9.79. The first kappa shape index (κ1) is 17.1. The molecule has 1 heterocycles. The maximum atomic E-state index is 12.0. The van der Waals surface area contributed by atoms with Crippen LogP contribution in [0.3, 0.4) is 0 Å². The van der Waals surface area contributed by atoms with E-state index in [1.54, 1.807) is 27.4 Å². The second-order valence-corrected chi connectivity index (χ2v) is 7.11. The van der Waals surface area contributed by atoms with Crippen LogP contribution in [0, 0.1) is 5.92 Å².